The normalized spacial score (nSPS) is 17.5. The predicted octanol–water partition coefficient (Wildman–Crippen LogP) is 2.44. The third-order valence-corrected chi connectivity index (χ3v) is 4.75. The minimum absolute atomic E-state index is 0.204. The van der Waals surface area contributed by atoms with Gasteiger partial charge >= 0.3 is 0 Å². The number of carbonyl (C=O) groups is 1. The highest BCUT2D eigenvalue weighted by Gasteiger charge is 2.43. The van der Waals surface area contributed by atoms with E-state index in [0.29, 0.717) is 29.1 Å². The summed E-state index contributed by atoms with van der Waals surface area (Å²) in [5.41, 5.74) is 8.24. The fourth-order valence-corrected chi connectivity index (χ4v) is 3.12. The molecule has 0 saturated heterocycles. The summed E-state index contributed by atoms with van der Waals surface area (Å²) >= 11 is 0. The molecule has 0 unspecified atom stereocenters. The van der Waals surface area contributed by atoms with E-state index < -0.39 is 0 Å². The van der Waals surface area contributed by atoms with Gasteiger partial charge in [0.25, 0.3) is 0 Å². The number of nitriles is 2. The summed E-state index contributed by atoms with van der Waals surface area (Å²) in [7, 11) is 0. The molecule has 0 aliphatic heterocycles. The van der Waals surface area contributed by atoms with Crippen LogP contribution < -0.4 is 11.1 Å². The number of carbonyl (C=O) groups excluding carboxylic acids is 1. The van der Waals surface area contributed by atoms with E-state index in [1.165, 1.54) is 0 Å². The van der Waals surface area contributed by atoms with Crippen molar-refractivity contribution in [2.24, 2.45) is 11.8 Å². The number of hydrogen-bond donors (Lipinski definition) is 2. The molecule has 28 heavy (non-hydrogen) atoms. The molecule has 8 nitrogen and oxygen atoms in total. The monoisotopic (exact) mass is 369 g/mol. The van der Waals surface area contributed by atoms with Gasteiger partial charge in [0.1, 0.15) is 11.6 Å². The molecule has 3 aromatic heterocycles. The minimum Gasteiger partial charge on any atom is -0.383 e. The number of fused-ring (bicyclic) bond motifs is 1. The van der Waals surface area contributed by atoms with Crippen molar-refractivity contribution in [3.63, 3.8) is 0 Å². The summed E-state index contributed by atoms with van der Waals surface area (Å²) in [6, 6.07) is 9.56. The van der Waals surface area contributed by atoms with Gasteiger partial charge in [0.05, 0.1) is 36.1 Å². The molecule has 136 valence electrons. The van der Waals surface area contributed by atoms with Gasteiger partial charge in [0, 0.05) is 29.5 Å². The Labute approximate surface area is 160 Å². The van der Waals surface area contributed by atoms with Gasteiger partial charge in [0.2, 0.25) is 5.91 Å². The van der Waals surface area contributed by atoms with Crippen molar-refractivity contribution in [3.05, 3.63) is 42.4 Å². The van der Waals surface area contributed by atoms with Gasteiger partial charge in [-0.05, 0) is 35.6 Å². The van der Waals surface area contributed by atoms with Crippen molar-refractivity contribution in [2.45, 2.75) is 12.8 Å². The lowest BCUT2D eigenvalue weighted by atomic mass is 10.0. The lowest BCUT2D eigenvalue weighted by molar-refractivity contribution is -0.117. The SMILES string of the molecule is N#CCc1ccncc1-c1cc2cc(NC(=O)[C@H]3C[C@@H]3C#N)ncc2c(N)n1. The van der Waals surface area contributed by atoms with Crippen LogP contribution in [-0.4, -0.2) is 20.9 Å². The zero-order valence-corrected chi connectivity index (χ0v) is 14.8. The molecular weight excluding hydrogens is 354 g/mol. The van der Waals surface area contributed by atoms with Crippen LogP contribution in [0.1, 0.15) is 12.0 Å². The Hall–Kier alpha value is -4.04. The van der Waals surface area contributed by atoms with Crippen molar-refractivity contribution >= 4 is 28.3 Å². The third-order valence-electron chi connectivity index (χ3n) is 4.75. The van der Waals surface area contributed by atoms with E-state index in [2.05, 4.69) is 32.4 Å². The molecule has 8 heteroatoms. The summed E-state index contributed by atoms with van der Waals surface area (Å²) in [6.07, 6.45) is 5.66. The van der Waals surface area contributed by atoms with E-state index in [9.17, 15) is 4.79 Å². The van der Waals surface area contributed by atoms with Gasteiger partial charge < -0.3 is 11.1 Å². The van der Waals surface area contributed by atoms with Crippen LogP contribution in [0.25, 0.3) is 22.0 Å². The highest BCUT2D eigenvalue weighted by Crippen LogP contribution is 2.38. The molecule has 3 heterocycles. The number of aromatic nitrogens is 3. The van der Waals surface area contributed by atoms with Crippen molar-refractivity contribution in [2.75, 3.05) is 11.1 Å². The average molecular weight is 369 g/mol. The van der Waals surface area contributed by atoms with Crippen LogP contribution in [0.5, 0.6) is 0 Å². The first-order valence-corrected chi connectivity index (χ1v) is 8.67. The number of hydrogen-bond acceptors (Lipinski definition) is 7. The van der Waals surface area contributed by atoms with Crippen LogP contribution in [0.3, 0.4) is 0 Å². The zero-order valence-electron chi connectivity index (χ0n) is 14.8. The molecule has 0 bridgehead atoms. The van der Waals surface area contributed by atoms with Gasteiger partial charge in [0.15, 0.2) is 0 Å². The Morgan fingerprint density at radius 1 is 1.32 bits per heavy atom. The highest BCUT2D eigenvalue weighted by atomic mass is 16.2. The van der Waals surface area contributed by atoms with Crippen LogP contribution in [-0.2, 0) is 11.2 Å². The van der Waals surface area contributed by atoms with E-state index in [4.69, 9.17) is 16.3 Å². The molecule has 1 aliphatic carbocycles. The fourth-order valence-electron chi connectivity index (χ4n) is 3.12. The number of nitrogen functional groups attached to an aromatic ring is 1. The van der Waals surface area contributed by atoms with Crippen LogP contribution in [0, 0.1) is 34.5 Å². The number of nitrogens with one attached hydrogen (secondary N) is 1. The number of pyridine rings is 3. The van der Waals surface area contributed by atoms with Crippen molar-refractivity contribution in [3.8, 4) is 23.4 Å². The fraction of sp³-hybridized carbons (Fsp3) is 0.200. The van der Waals surface area contributed by atoms with E-state index in [0.717, 1.165) is 16.5 Å². The van der Waals surface area contributed by atoms with Gasteiger partial charge in [-0.1, -0.05) is 0 Å². The number of anilines is 2. The molecule has 1 fully saturated rings. The molecule has 2 atom stereocenters. The Morgan fingerprint density at radius 2 is 2.18 bits per heavy atom. The Kier molecular flexibility index (Phi) is 4.30. The van der Waals surface area contributed by atoms with E-state index >= 15 is 0 Å². The molecule has 0 spiro atoms. The van der Waals surface area contributed by atoms with E-state index in [1.807, 2.05) is 6.07 Å². The number of nitrogens with zero attached hydrogens (tertiary/aromatic N) is 5. The molecular formula is C20H15N7O. The summed E-state index contributed by atoms with van der Waals surface area (Å²) in [6.45, 7) is 0. The molecule has 0 radical (unpaired) electrons. The Balaban J connectivity index is 1.70. The summed E-state index contributed by atoms with van der Waals surface area (Å²) in [5, 5.41) is 22.1. The van der Waals surface area contributed by atoms with Crippen LogP contribution in [0.4, 0.5) is 11.6 Å². The number of rotatable bonds is 4. The topological polar surface area (TPSA) is 141 Å². The molecule has 3 N–H and O–H groups in total. The van der Waals surface area contributed by atoms with Gasteiger partial charge in [-0.15, -0.1) is 0 Å². The average Bonchev–Trinajstić information content (AvgIpc) is 3.48. The van der Waals surface area contributed by atoms with Crippen LogP contribution in [0.15, 0.2) is 36.8 Å². The van der Waals surface area contributed by atoms with Crippen molar-refractivity contribution in [1.29, 1.82) is 10.5 Å². The lowest BCUT2D eigenvalue weighted by Gasteiger charge is -2.10. The second kappa shape index (κ2) is 6.93. The summed E-state index contributed by atoms with van der Waals surface area (Å²) in [4.78, 5) is 25.0. The maximum absolute atomic E-state index is 12.2. The lowest BCUT2D eigenvalue weighted by Crippen LogP contribution is -2.15. The van der Waals surface area contributed by atoms with E-state index in [-0.39, 0.29) is 24.2 Å². The minimum atomic E-state index is -0.274. The quantitative estimate of drug-likeness (QED) is 0.719. The molecule has 4 rings (SSSR count). The Morgan fingerprint density at radius 3 is 2.93 bits per heavy atom. The smallest absolute Gasteiger partial charge is 0.230 e. The van der Waals surface area contributed by atoms with Crippen molar-refractivity contribution in [1.82, 2.24) is 15.0 Å². The van der Waals surface area contributed by atoms with E-state index in [1.54, 1.807) is 30.7 Å². The van der Waals surface area contributed by atoms with Crippen molar-refractivity contribution < 1.29 is 4.79 Å². The third kappa shape index (κ3) is 3.19. The second-order valence-electron chi connectivity index (χ2n) is 6.62. The first kappa shape index (κ1) is 17.4. The predicted molar refractivity (Wildman–Crippen MR) is 102 cm³/mol. The first-order valence-electron chi connectivity index (χ1n) is 8.67. The highest BCUT2D eigenvalue weighted by molar-refractivity contribution is 5.98. The molecule has 1 saturated carbocycles. The van der Waals surface area contributed by atoms with Gasteiger partial charge in [-0.3, -0.25) is 9.78 Å². The first-order chi connectivity index (χ1) is 13.6. The summed E-state index contributed by atoms with van der Waals surface area (Å²) in [5.74, 6) is 0.00204. The van der Waals surface area contributed by atoms with Crippen LogP contribution >= 0.6 is 0 Å². The van der Waals surface area contributed by atoms with Crippen LogP contribution in [0.2, 0.25) is 0 Å². The summed E-state index contributed by atoms with van der Waals surface area (Å²) < 4.78 is 0. The largest absolute Gasteiger partial charge is 0.383 e. The number of nitrogens with two attached hydrogens (primary N) is 1. The van der Waals surface area contributed by atoms with Gasteiger partial charge in [-0.2, -0.15) is 10.5 Å². The second-order valence-corrected chi connectivity index (χ2v) is 6.62. The molecule has 3 aromatic rings. The van der Waals surface area contributed by atoms with Gasteiger partial charge in [-0.25, -0.2) is 9.97 Å². The number of amides is 1. The molecule has 0 aromatic carbocycles. The molecule has 1 aliphatic rings. The standard InChI is InChI=1S/C20H15N7O/c21-3-1-11-2-4-24-9-15(11)17-6-12-7-18(25-10-16(12)19(23)26-17)27-20(28)14-5-13(14)8-22/h2,4,6-7,9-10,13-14H,1,5H2,(H2,23,26)(H,25,27,28)/t13-,14+/m1/s1. The zero-order chi connectivity index (χ0) is 19.7. The Bertz CT molecular complexity index is 1180. The maximum atomic E-state index is 12.2. The maximum Gasteiger partial charge on any atom is 0.230 e. The molecule has 1 amide bonds.